The van der Waals surface area contributed by atoms with Crippen molar-refractivity contribution in [3.8, 4) is 0 Å². The number of carboxylic acids is 1. The van der Waals surface area contributed by atoms with Crippen LogP contribution in [0.15, 0.2) is 12.7 Å². The summed E-state index contributed by atoms with van der Waals surface area (Å²) in [5.41, 5.74) is 0. The highest BCUT2D eigenvalue weighted by Crippen LogP contribution is 1.92. The van der Waals surface area contributed by atoms with E-state index in [0.29, 0.717) is 0 Å². The molecule has 1 N–H and O–H groups in total. The van der Waals surface area contributed by atoms with Gasteiger partial charge in [0.15, 0.2) is 0 Å². The van der Waals surface area contributed by atoms with Crippen molar-refractivity contribution in [3.05, 3.63) is 12.7 Å². The van der Waals surface area contributed by atoms with Crippen LogP contribution in [0.2, 0.25) is 0 Å². The van der Waals surface area contributed by atoms with Crippen molar-refractivity contribution in [1.82, 2.24) is 0 Å². The number of carbonyl (C=O) groups is 1. The molecule has 1 unspecified atom stereocenters. The molecule has 7 heavy (non-hydrogen) atoms. The van der Waals surface area contributed by atoms with Gasteiger partial charge in [0.25, 0.3) is 0 Å². The van der Waals surface area contributed by atoms with Crippen molar-refractivity contribution in [2.45, 2.75) is 5.25 Å². The summed E-state index contributed by atoms with van der Waals surface area (Å²) in [6.45, 7) is 3.20. The molecule has 0 aromatic heterocycles. The Kier molecular flexibility index (Phi) is 2.52. The molecule has 0 amide bonds. The molecule has 0 saturated carbocycles. The average molecular weight is 117 g/mol. The Hall–Kier alpha value is -0.440. The molecule has 0 aliphatic rings. The molecule has 3 heteroatoms. The number of hydrogen-bond donors (Lipinski definition) is 1. The van der Waals surface area contributed by atoms with Crippen LogP contribution in [-0.2, 0) is 4.79 Å². The summed E-state index contributed by atoms with van der Waals surface area (Å²) < 4.78 is 0. The van der Waals surface area contributed by atoms with E-state index in [9.17, 15) is 4.79 Å². The number of rotatable bonds is 2. The van der Waals surface area contributed by atoms with Crippen molar-refractivity contribution < 1.29 is 9.90 Å². The zero-order valence-corrected chi connectivity index (χ0v) is 4.44. The van der Waals surface area contributed by atoms with E-state index in [1.165, 1.54) is 6.08 Å². The lowest BCUT2D eigenvalue weighted by molar-refractivity contribution is -0.135. The highest BCUT2D eigenvalue weighted by atomic mass is 32.1. The minimum absolute atomic E-state index is 0.833. The van der Waals surface area contributed by atoms with Gasteiger partial charge in [-0.15, -0.1) is 6.58 Å². The summed E-state index contributed by atoms with van der Waals surface area (Å²) in [6.07, 6.45) is 1.21. The van der Waals surface area contributed by atoms with E-state index in [2.05, 4.69) is 19.2 Å². The third-order valence-electron chi connectivity index (χ3n) is 0.457. The largest absolute Gasteiger partial charge is 0.480 e. The normalized spacial score (nSPS) is 12.7. The summed E-state index contributed by atoms with van der Waals surface area (Å²) in [5.74, 6) is -1.01. The quantitative estimate of drug-likeness (QED) is 0.544. The van der Waals surface area contributed by atoms with Gasteiger partial charge in [-0.2, -0.15) is 0 Å². The fraction of sp³-hybridized carbons (Fsp3) is 0.250. The fourth-order valence-corrected chi connectivity index (χ4v) is 0.101. The van der Waals surface area contributed by atoms with E-state index >= 15 is 0 Å². The van der Waals surface area contributed by atoms with Crippen LogP contribution < -0.4 is 0 Å². The lowest BCUT2D eigenvalue weighted by Gasteiger charge is -1.89. The minimum atomic E-state index is -1.01. The summed E-state index contributed by atoms with van der Waals surface area (Å²) >= 11 is 4.34. The van der Waals surface area contributed by atoms with Gasteiger partial charge in [0.05, 0.1) is 0 Å². The monoisotopic (exact) mass is 117 g/mol. The van der Waals surface area contributed by atoms with E-state index < -0.39 is 11.2 Å². The van der Waals surface area contributed by atoms with Gasteiger partial charge in [-0.1, -0.05) is 18.7 Å². The Morgan fingerprint density at radius 1 is 2.00 bits per heavy atom. The Bertz CT molecular complexity index is 89.7. The highest BCUT2D eigenvalue weighted by molar-refractivity contribution is 7.82. The van der Waals surface area contributed by atoms with E-state index in [0.717, 1.165) is 0 Å². The molecule has 39 valence electrons. The maximum absolute atomic E-state index is 9.75. The third kappa shape index (κ3) is 2.28. The lowest BCUT2D eigenvalue weighted by Crippen LogP contribution is -2.08. The number of carboxylic acid groups (broad SMARTS) is 1. The van der Waals surface area contributed by atoms with Crippen LogP contribution in [0.3, 0.4) is 0 Å². The zero-order chi connectivity index (χ0) is 5.86. The van der Waals surface area contributed by atoms with Gasteiger partial charge >= 0.3 is 5.97 Å². The number of aliphatic carboxylic acids is 1. The van der Waals surface area contributed by atoms with Crippen molar-refractivity contribution in [1.29, 1.82) is 0 Å². The van der Waals surface area contributed by atoms with E-state index in [4.69, 9.17) is 5.11 Å². The standard InChI is InChI=1S/C4H5O2S/c1-2-3(7)4(5)6/h2-3H,1H2,(H,5,6). The highest BCUT2D eigenvalue weighted by Gasteiger charge is 2.04. The van der Waals surface area contributed by atoms with Crippen LogP contribution in [0.1, 0.15) is 0 Å². The van der Waals surface area contributed by atoms with Gasteiger partial charge in [-0.05, 0) is 0 Å². The predicted molar refractivity (Wildman–Crippen MR) is 29.2 cm³/mol. The van der Waals surface area contributed by atoms with Crippen molar-refractivity contribution >= 4 is 18.6 Å². The molecule has 0 spiro atoms. The maximum atomic E-state index is 9.75. The molecule has 1 radical (unpaired) electrons. The van der Waals surface area contributed by atoms with Crippen molar-refractivity contribution in [2.75, 3.05) is 0 Å². The first-order chi connectivity index (χ1) is 3.18. The smallest absolute Gasteiger partial charge is 0.321 e. The van der Waals surface area contributed by atoms with Gasteiger partial charge in [-0.25, -0.2) is 0 Å². The Balaban J connectivity index is 3.55. The molecule has 0 fully saturated rings. The summed E-state index contributed by atoms with van der Waals surface area (Å²) in [6, 6.07) is 0. The molecule has 2 nitrogen and oxygen atoms in total. The van der Waals surface area contributed by atoms with Gasteiger partial charge < -0.3 is 5.11 Å². The SMILES string of the molecule is C=CC([S])C(=O)O. The summed E-state index contributed by atoms with van der Waals surface area (Å²) in [7, 11) is 0. The van der Waals surface area contributed by atoms with E-state index in [1.54, 1.807) is 0 Å². The topological polar surface area (TPSA) is 37.3 Å². The van der Waals surface area contributed by atoms with Gasteiger partial charge in [0, 0.05) is 0 Å². The Morgan fingerprint density at radius 3 is 2.43 bits per heavy atom. The number of hydrogen-bond acceptors (Lipinski definition) is 1. The Morgan fingerprint density at radius 2 is 2.43 bits per heavy atom. The molecule has 0 aliphatic carbocycles. The lowest BCUT2D eigenvalue weighted by atomic mass is 10.4. The first-order valence-corrected chi connectivity index (χ1v) is 2.17. The van der Waals surface area contributed by atoms with Crippen LogP contribution in [-0.4, -0.2) is 16.3 Å². The third-order valence-corrected chi connectivity index (χ3v) is 0.852. The molecular weight excluding hydrogens is 112 g/mol. The Labute approximate surface area is 47.3 Å². The molecule has 0 rings (SSSR count). The predicted octanol–water partition coefficient (Wildman–Crippen LogP) is 0.823. The molecule has 0 bridgehead atoms. The van der Waals surface area contributed by atoms with Gasteiger partial charge in [0.1, 0.15) is 5.25 Å². The molecule has 0 aromatic carbocycles. The fourth-order valence-electron chi connectivity index (χ4n) is 0.101. The second kappa shape index (κ2) is 2.69. The van der Waals surface area contributed by atoms with Crippen LogP contribution >= 0.6 is 12.6 Å². The molecule has 1 atom stereocenters. The van der Waals surface area contributed by atoms with Crippen LogP contribution in [0, 0.1) is 0 Å². The molecule has 0 aromatic rings. The molecular formula is C4H5O2S. The summed E-state index contributed by atoms with van der Waals surface area (Å²) in [5, 5.41) is 7.17. The maximum Gasteiger partial charge on any atom is 0.321 e. The molecule has 0 heterocycles. The van der Waals surface area contributed by atoms with Crippen molar-refractivity contribution in [2.24, 2.45) is 0 Å². The average Bonchev–Trinajstić information content (AvgIpc) is 1.65. The van der Waals surface area contributed by atoms with Gasteiger partial charge in [0.2, 0.25) is 0 Å². The minimum Gasteiger partial charge on any atom is -0.480 e. The van der Waals surface area contributed by atoms with Gasteiger partial charge in [-0.3, -0.25) is 4.79 Å². The van der Waals surface area contributed by atoms with Crippen LogP contribution in [0.25, 0.3) is 0 Å². The van der Waals surface area contributed by atoms with Crippen molar-refractivity contribution in [3.63, 3.8) is 0 Å². The second-order valence-corrected chi connectivity index (χ2v) is 1.50. The van der Waals surface area contributed by atoms with E-state index in [1.807, 2.05) is 0 Å². The first kappa shape index (κ1) is 6.56. The second-order valence-electron chi connectivity index (χ2n) is 0.995. The molecule has 0 aliphatic heterocycles. The summed E-state index contributed by atoms with van der Waals surface area (Å²) in [4.78, 5) is 9.75. The van der Waals surface area contributed by atoms with Crippen LogP contribution in [0.4, 0.5) is 0 Å². The first-order valence-electron chi connectivity index (χ1n) is 1.69. The zero-order valence-electron chi connectivity index (χ0n) is 3.63. The molecule has 0 saturated heterocycles. The van der Waals surface area contributed by atoms with E-state index in [-0.39, 0.29) is 0 Å². The van der Waals surface area contributed by atoms with Crippen LogP contribution in [0.5, 0.6) is 0 Å².